The molecule has 1 aromatic heterocycles. The van der Waals surface area contributed by atoms with Crippen LogP contribution in [0.25, 0.3) is 17.1 Å². The number of hydrogen-bond donors (Lipinski definition) is 6. The maximum atomic E-state index is 14.9. The average molecular weight is 1110 g/mol. The van der Waals surface area contributed by atoms with Crippen molar-refractivity contribution in [1.29, 1.82) is 0 Å². The second kappa shape index (κ2) is 28.5. The molecule has 0 aliphatic carbocycles. The number of likely N-dealkylation sites (N-methyl/N-ethyl adjacent to an activating group) is 2. The number of phenolic OH excluding ortho intramolecular Hbond substituents is 2. The molecule has 3 aromatic carbocycles. The van der Waals surface area contributed by atoms with Gasteiger partial charge in [0.25, 0.3) is 11.8 Å². The topological polar surface area (TPSA) is 258 Å². The Kier molecular flexibility index (Phi) is 22.8. The summed E-state index contributed by atoms with van der Waals surface area (Å²) in [5, 5.41) is 49.7. The molecule has 2 unspecified atom stereocenters. The van der Waals surface area contributed by atoms with Crippen molar-refractivity contribution < 1.29 is 53.6 Å². The summed E-state index contributed by atoms with van der Waals surface area (Å²) < 4.78 is 13.5. The van der Waals surface area contributed by atoms with Gasteiger partial charge in [-0.25, -0.2) is 0 Å². The summed E-state index contributed by atoms with van der Waals surface area (Å²) >= 11 is 0. The molecule has 1 fully saturated rings. The molecule has 1 saturated heterocycles. The standard InChI is InChI=1S/C60H87N9O11/c1-16-36(9)51(47(79-14)32-48(72)68-29-21-24-44(68)53(80-15)37(10)56(74)62-38(11)52(73)39-22-19-18-20-23-39)67(13)60(78)49(34(5)6)63-57(75)50(35(7)8)66(12)59(77)40-25-27-41(28-26-40)69-54(64-65-55(69)58(76)61-17-2)43-30-42(33(3)4)45(70)31-46(43)71/h18-20,22-23,25-28,30-31,33-38,44,47,49-53,70-71,73H,16-17,21,24,29,32H2,1-15H3,(H,61,76)(H,62,74)(H,63,75)/t36-,37+,38-,44?,47+,49-,50+,51?,52-,53-/m0/s1. The van der Waals surface area contributed by atoms with Gasteiger partial charge in [-0.05, 0) is 91.8 Å². The number of carbonyl (C=O) groups excluding carboxylic acids is 6. The normalized spacial score (nSPS) is 17.0. The van der Waals surface area contributed by atoms with Crippen LogP contribution >= 0.6 is 0 Å². The first-order valence-corrected chi connectivity index (χ1v) is 28.0. The fraction of sp³-hybridized carbons (Fsp3) is 0.567. The number of amides is 6. The third-order valence-corrected chi connectivity index (χ3v) is 15.7. The lowest BCUT2D eigenvalue weighted by Gasteiger charge is -2.41. The van der Waals surface area contributed by atoms with E-state index >= 15 is 0 Å². The van der Waals surface area contributed by atoms with Gasteiger partial charge >= 0.3 is 0 Å². The molecule has 4 aromatic rings. The fourth-order valence-corrected chi connectivity index (χ4v) is 11.0. The van der Waals surface area contributed by atoms with Gasteiger partial charge in [0.15, 0.2) is 5.82 Å². The average Bonchev–Trinajstić information content (AvgIpc) is 4.21. The van der Waals surface area contributed by atoms with E-state index in [1.54, 1.807) is 80.1 Å². The van der Waals surface area contributed by atoms with E-state index in [2.05, 4.69) is 26.1 Å². The molecular weight excluding hydrogens is 1020 g/mol. The number of phenols is 2. The molecule has 6 N–H and O–H groups in total. The summed E-state index contributed by atoms with van der Waals surface area (Å²) in [5.41, 5.74) is 2.05. The second-order valence-electron chi connectivity index (χ2n) is 22.2. The Morgan fingerprint density at radius 1 is 0.787 bits per heavy atom. The van der Waals surface area contributed by atoms with Gasteiger partial charge in [0.05, 0.1) is 54.3 Å². The van der Waals surface area contributed by atoms with E-state index in [0.29, 0.717) is 49.2 Å². The molecule has 0 saturated carbocycles. The van der Waals surface area contributed by atoms with Crippen LogP contribution in [0.15, 0.2) is 66.7 Å². The Bertz CT molecular complexity index is 2750. The highest BCUT2D eigenvalue weighted by Gasteiger charge is 2.44. The maximum Gasteiger partial charge on any atom is 0.289 e. The van der Waals surface area contributed by atoms with Crippen LogP contribution in [-0.2, 0) is 28.7 Å². The lowest BCUT2D eigenvalue weighted by atomic mass is 9.89. The van der Waals surface area contributed by atoms with Crippen molar-refractivity contribution in [3.8, 4) is 28.6 Å². The zero-order valence-electron chi connectivity index (χ0n) is 49.4. The van der Waals surface area contributed by atoms with Crippen molar-refractivity contribution in [2.45, 2.75) is 156 Å². The number of rotatable bonds is 26. The predicted molar refractivity (Wildman–Crippen MR) is 305 cm³/mol. The number of aliphatic hydroxyl groups excluding tert-OH is 1. The van der Waals surface area contributed by atoms with Gasteiger partial charge < -0.3 is 55.4 Å². The van der Waals surface area contributed by atoms with Gasteiger partial charge in [0.1, 0.15) is 23.6 Å². The number of nitrogens with one attached hydrogen (secondary N) is 3. The van der Waals surface area contributed by atoms with Crippen LogP contribution in [0.3, 0.4) is 0 Å². The van der Waals surface area contributed by atoms with Gasteiger partial charge in [-0.1, -0.05) is 99.1 Å². The number of nitrogens with zero attached hydrogens (tertiary/aromatic N) is 6. The minimum atomic E-state index is -1.03. The molecule has 20 nitrogen and oxygen atoms in total. The fourth-order valence-electron chi connectivity index (χ4n) is 11.0. The lowest BCUT2D eigenvalue weighted by molar-refractivity contribution is -0.148. The van der Waals surface area contributed by atoms with Crippen LogP contribution in [0.1, 0.15) is 146 Å². The number of benzene rings is 3. The van der Waals surface area contributed by atoms with Crippen LogP contribution in [0, 0.1) is 23.7 Å². The van der Waals surface area contributed by atoms with Gasteiger partial charge in [-0.3, -0.25) is 33.3 Å². The highest BCUT2D eigenvalue weighted by molar-refractivity contribution is 5.99. The third kappa shape index (κ3) is 14.5. The van der Waals surface area contributed by atoms with Crippen molar-refractivity contribution in [1.82, 2.24) is 45.4 Å². The van der Waals surface area contributed by atoms with Crippen molar-refractivity contribution in [2.75, 3.05) is 41.4 Å². The number of aromatic hydroxyl groups is 2. The first kappa shape index (κ1) is 63.9. The molecule has 0 radical (unpaired) electrons. The SMILES string of the molecule is CCNC(=O)c1nnc(-c2cc(C(C)C)c(O)cc2O)n1-c1ccc(C(=O)N(C)[C@@H](C(=O)N[C@H](C(=O)N(C)C([C@@H](C)CC)[C@@H](CC(=O)N2CCCC2[C@@H](OC)[C@@H](C)C(=O)N[C@@H](C)[C@H](O)c2ccccc2)OC)C(C)C)C(C)C)cc1. The first-order valence-electron chi connectivity index (χ1n) is 28.0. The number of aromatic nitrogens is 3. The Morgan fingerprint density at radius 2 is 1.44 bits per heavy atom. The van der Waals surface area contributed by atoms with E-state index in [-0.39, 0.29) is 64.3 Å². The van der Waals surface area contributed by atoms with E-state index in [1.165, 1.54) is 36.8 Å². The number of carbonyl (C=O) groups is 6. The summed E-state index contributed by atoms with van der Waals surface area (Å²) in [5.74, 6) is -4.58. The molecular formula is C60H87N9O11. The van der Waals surface area contributed by atoms with Crippen LogP contribution < -0.4 is 16.0 Å². The molecule has 1 aliphatic heterocycles. The Labute approximate surface area is 472 Å². The number of ether oxygens (including phenoxy) is 2. The van der Waals surface area contributed by atoms with Crippen LogP contribution in [-0.4, -0.2) is 164 Å². The third-order valence-electron chi connectivity index (χ3n) is 15.7. The molecule has 80 heavy (non-hydrogen) atoms. The number of hydrogen-bond acceptors (Lipinski definition) is 13. The Morgan fingerprint density at radius 3 is 2.00 bits per heavy atom. The van der Waals surface area contributed by atoms with Crippen LogP contribution in [0.5, 0.6) is 11.5 Å². The van der Waals surface area contributed by atoms with E-state index in [0.717, 1.165) is 0 Å². The summed E-state index contributed by atoms with van der Waals surface area (Å²) in [6, 6.07) is 14.5. The lowest BCUT2D eigenvalue weighted by Crippen LogP contribution is -2.60. The molecule has 6 amide bonds. The molecule has 438 valence electrons. The van der Waals surface area contributed by atoms with Crippen LogP contribution in [0.4, 0.5) is 0 Å². The maximum absolute atomic E-state index is 14.9. The predicted octanol–water partition coefficient (Wildman–Crippen LogP) is 6.61. The number of aliphatic hydroxyl groups is 1. The van der Waals surface area contributed by atoms with E-state index in [4.69, 9.17) is 9.47 Å². The molecule has 20 heteroatoms. The van der Waals surface area contributed by atoms with Gasteiger partial charge in [0, 0.05) is 58.7 Å². The second-order valence-corrected chi connectivity index (χ2v) is 22.2. The van der Waals surface area contributed by atoms with Crippen LogP contribution in [0.2, 0.25) is 0 Å². The van der Waals surface area contributed by atoms with Gasteiger partial charge in [-0.15, -0.1) is 10.2 Å². The smallest absolute Gasteiger partial charge is 0.289 e. The minimum Gasteiger partial charge on any atom is -0.508 e. The van der Waals surface area contributed by atoms with Gasteiger partial charge in [-0.2, -0.15) is 0 Å². The molecule has 0 spiro atoms. The molecule has 5 rings (SSSR count). The molecule has 1 aliphatic rings. The summed E-state index contributed by atoms with van der Waals surface area (Å²) in [4.78, 5) is 89.9. The zero-order valence-corrected chi connectivity index (χ0v) is 49.4. The molecule has 2 heterocycles. The Balaban J connectivity index is 1.33. The van der Waals surface area contributed by atoms with Crippen molar-refractivity contribution in [2.24, 2.45) is 23.7 Å². The number of likely N-dealkylation sites (tertiary alicyclic amines) is 1. The molecule has 10 atom stereocenters. The quantitative estimate of drug-likeness (QED) is 0.0387. The highest BCUT2D eigenvalue weighted by Crippen LogP contribution is 2.39. The summed E-state index contributed by atoms with van der Waals surface area (Å²) in [6.07, 6.45) is -0.472. The van der Waals surface area contributed by atoms with Crippen molar-refractivity contribution >= 4 is 35.4 Å². The summed E-state index contributed by atoms with van der Waals surface area (Å²) in [7, 11) is 6.22. The Hall–Kier alpha value is -6.90. The van der Waals surface area contributed by atoms with E-state index in [1.807, 2.05) is 73.6 Å². The minimum absolute atomic E-state index is 0.0736. The zero-order chi connectivity index (χ0) is 59.4. The number of methoxy groups -OCH3 is 2. The van der Waals surface area contributed by atoms with Gasteiger partial charge in [0.2, 0.25) is 29.5 Å². The van der Waals surface area contributed by atoms with Crippen molar-refractivity contribution in [3.63, 3.8) is 0 Å². The van der Waals surface area contributed by atoms with E-state index < -0.39 is 89.9 Å². The van der Waals surface area contributed by atoms with Crippen molar-refractivity contribution in [3.05, 3.63) is 89.2 Å². The first-order chi connectivity index (χ1) is 37.8. The highest BCUT2D eigenvalue weighted by atomic mass is 16.5. The largest absolute Gasteiger partial charge is 0.508 e. The monoisotopic (exact) mass is 1110 g/mol. The van der Waals surface area contributed by atoms with E-state index in [9.17, 15) is 44.1 Å². The summed E-state index contributed by atoms with van der Waals surface area (Å²) in [6.45, 7) is 21.0. The molecule has 0 bridgehead atoms.